The summed E-state index contributed by atoms with van der Waals surface area (Å²) in [5.74, 6) is 0.577. The molecule has 106 valence electrons. The van der Waals surface area contributed by atoms with Gasteiger partial charge in [0.25, 0.3) is 0 Å². The average Bonchev–Trinajstić information content (AvgIpc) is 2.91. The number of hydrogen-bond acceptors (Lipinski definition) is 3. The van der Waals surface area contributed by atoms with Crippen molar-refractivity contribution < 1.29 is 4.39 Å². The number of nitrogens with zero attached hydrogens (tertiary/aromatic N) is 1. The molecule has 0 radical (unpaired) electrons. The first kappa shape index (κ1) is 13.6. The van der Waals surface area contributed by atoms with Gasteiger partial charge < -0.3 is 10.6 Å². The number of halogens is 2. The van der Waals surface area contributed by atoms with E-state index >= 15 is 0 Å². The molecule has 0 atom stereocenters. The van der Waals surface area contributed by atoms with E-state index in [0.717, 1.165) is 43.0 Å². The van der Waals surface area contributed by atoms with Crippen molar-refractivity contribution in [2.75, 3.05) is 18.4 Å². The number of benzene rings is 1. The van der Waals surface area contributed by atoms with Crippen LogP contribution in [0.25, 0.3) is 11.3 Å². The average molecular weight is 339 g/mol. The Morgan fingerprint density at radius 3 is 2.80 bits per heavy atom. The third-order valence-corrected chi connectivity index (χ3v) is 4.11. The van der Waals surface area contributed by atoms with Crippen molar-refractivity contribution in [3.05, 3.63) is 34.6 Å². The van der Waals surface area contributed by atoms with Crippen LogP contribution in [0.1, 0.15) is 12.8 Å². The van der Waals surface area contributed by atoms with E-state index in [9.17, 15) is 4.39 Å². The Morgan fingerprint density at radius 2 is 2.05 bits per heavy atom. The molecule has 2 aromatic rings. The molecule has 0 spiro atoms. The number of hydrogen-bond donors (Lipinski definition) is 3. The van der Waals surface area contributed by atoms with Crippen LogP contribution in [0.5, 0.6) is 0 Å². The monoisotopic (exact) mass is 338 g/mol. The van der Waals surface area contributed by atoms with E-state index in [0.29, 0.717) is 10.5 Å². The molecule has 4 nitrogen and oxygen atoms in total. The molecule has 0 amide bonds. The molecule has 0 bridgehead atoms. The maximum atomic E-state index is 13.2. The van der Waals surface area contributed by atoms with Crippen molar-refractivity contribution in [2.24, 2.45) is 0 Å². The smallest absolute Gasteiger partial charge is 0.148 e. The molecular formula is C14H16BrFN4. The van der Waals surface area contributed by atoms with E-state index in [1.807, 2.05) is 6.07 Å². The summed E-state index contributed by atoms with van der Waals surface area (Å²) >= 11 is 3.20. The van der Waals surface area contributed by atoms with Crippen LogP contribution in [0, 0.1) is 5.82 Å². The summed E-state index contributed by atoms with van der Waals surface area (Å²) in [4.78, 5) is 0. The molecule has 1 aromatic heterocycles. The highest BCUT2D eigenvalue weighted by Crippen LogP contribution is 2.25. The van der Waals surface area contributed by atoms with E-state index < -0.39 is 0 Å². The maximum Gasteiger partial charge on any atom is 0.148 e. The van der Waals surface area contributed by atoms with Gasteiger partial charge in [0.2, 0.25) is 0 Å². The first-order chi connectivity index (χ1) is 9.72. The molecule has 3 N–H and O–H groups in total. The van der Waals surface area contributed by atoms with E-state index in [-0.39, 0.29) is 5.82 Å². The van der Waals surface area contributed by atoms with Gasteiger partial charge in [-0.3, -0.25) is 5.10 Å². The SMILES string of the molecule is Fc1ccc(-c2cc(NC3CCNCC3)n[nH]2)cc1Br. The third kappa shape index (κ3) is 3.02. The zero-order valence-corrected chi connectivity index (χ0v) is 12.5. The lowest BCUT2D eigenvalue weighted by atomic mass is 10.1. The van der Waals surface area contributed by atoms with Crippen LogP contribution in [0.15, 0.2) is 28.7 Å². The van der Waals surface area contributed by atoms with Gasteiger partial charge >= 0.3 is 0 Å². The number of nitrogens with one attached hydrogen (secondary N) is 3. The molecule has 1 fully saturated rings. The van der Waals surface area contributed by atoms with Gasteiger partial charge in [-0.2, -0.15) is 5.10 Å². The first-order valence-corrected chi connectivity index (χ1v) is 7.50. The lowest BCUT2D eigenvalue weighted by Gasteiger charge is -2.23. The minimum atomic E-state index is -0.263. The van der Waals surface area contributed by atoms with Gasteiger partial charge in [0.15, 0.2) is 0 Å². The quantitative estimate of drug-likeness (QED) is 0.805. The summed E-state index contributed by atoms with van der Waals surface area (Å²) in [7, 11) is 0. The van der Waals surface area contributed by atoms with Crippen molar-refractivity contribution >= 4 is 21.7 Å². The first-order valence-electron chi connectivity index (χ1n) is 6.70. The van der Waals surface area contributed by atoms with Crippen molar-refractivity contribution in [2.45, 2.75) is 18.9 Å². The van der Waals surface area contributed by atoms with Gasteiger partial charge in [-0.05, 0) is 60.1 Å². The van der Waals surface area contributed by atoms with Gasteiger partial charge in [0.05, 0.1) is 10.2 Å². The Labute approximate surface area is 125 Å². The normalized spacial score (nSPS) is 16.3. The Balaban J connectivity index is 1.73. The molecule has 0 aliphatic carbocycles. The van der Waals surface area contributed by atoms with E-state index in [2.05, 4.69) is 36.8 Å². The van der Waals surface area contributed by atoms with Gasteiger partial charge in [0.1, 0.15) is 11.6 Å². The molecule has 20 heavy (non-hydrogen) atoms. The second kappa shape index (κ2) is 5.93. The number of aromatic nitrogens is 2. The lowest BCUT2D eigenvalue weighted by molar-refractivity contribution is 0.478. The molecule has 1 saturated heterocycles. The largest absolute Gasteiger partial charge is 0.366 e. The van der Waals surface area contributed by atoms with Crippen molar-refractivity contribution in [1.29, 1.82) is 0 Å². The predicted molar refractivity (Wildman–Crippen MR) is 81.2 cm³/mol. The van der Waals surface area contributed by atoms with E-state index in [1.54, 1.807) is 12.1 Å². The molecule has 0 saturated carbocycles. The molecule has 2 heterocycles. The molecular weight excluding hydrogens is 323 g/mol. The van der Waals surface area contributed by atoms with E-state index in [4.69, 9.17) is 0 Å². The maximum absolute atomic E-state index is 13.2. The summed E-state index contributed by atoms with van der Waals surface area (Å²) in [5, 5.41) is 14.0. The van der Waals surface area contributed by atoms with Crippen LogP contribution in [-0.4, -0.2) is 29.3 Å². The van der Waals surface area contributed by atoms with Gasteiger partial charge in [-0.25, -0.2) is 4.39 Å². The van der Waals surface area contributed by atoms with Gasteiger partial charge in [0, 0.05) is 17.7 Å². The fourth-order valence-electron chi connectivity index (χ4n) is 2.38. The fourth-order valence-corrected chi connectivity index (χ4v) is 2.76. The highest BCUT2D eigenvalue weighted by atomic mass is 79.9. The predicted octanol–water partition coefficient (Wildman–Crippen LogP) is 3.14. The third-order valence-electron chi connectivity index (χ3n) is 3.50. The minimum absolute atomic E-state index is 0.263. The van der Waals surface area contributed by atoms with E-state index in [1.165, 1.54) is 6.07 Å². The topological polar surface area (TPSA) is 52.7 Å². The molecule has 1 aromatic carbocycles. The van der Waals surface area contributed by atoms with Crippen LogP contribution in [0.2, 0.25) is 0 Å². The second-order valence-electron chi connectivity index (χ2n) is 4.96. The summed E-state index contributed by atoms with van der Waals surface area (Å²) in [6.07, 6.45) is 2.20. The second-order valence-corrected chi connectivity index (χ2v) is 5.82. The summed E-state index contributed by atoms with van der Waals surface area (Å²) < 4.78 is 13.7. The lowest BCUT2D eigenvalue weighted by Crippen LogP contribution is -2.35. The van der Waals surface area contributed by atoms with Crippen molar-refractivity contribution in [1.82, 2.24) is 15.5 Å². The summed E-state index contributed by atoms with van der Waals surface area (Å²) in [6, 6.07) is 7.35. The number of rotatable bonds is 3. The minimum Gasteiger partial charge on any atom is -0.366 e. The summed E-state index contributed by atoms with van der Waals surface area (Å²) in [5.41, 5.74) is 1.78. The van der Waals surface area contributed by atoms with Gasteiger partial charge in [-0.15, -0.1) is 0 Å². The Morgan fingerprint density at radius 1 is 1.25 bits per heavy atom. The summed E-state index contributed by atoms with van der Waals surface area (Å²) in [6.45, 7) is 2.08. The zero-order chi connectivity index (χ0) is 13.9. The van der Waals surface area contributed by atoms with Crippen molar-refractivity contribution in [3.8, 4) is 11.3 Å². The standard InChI is InChI=1S/C14H16BrFN4/c15-11-7-9(1-2-12(11)16)13-8-14(20-19-13)18-10-3-5-17-6-4-10/h1-2,7-8,10,17H,3-6H2,(H2,18,19,20). The highest BCUT2D eigenvalue weighted by Gasteiger charge is 2.14. The molecule has 1 aliphatic rings. The number of piperidine rings is 1. The Kier molecular flexibility index (Phi) is 4.03. The van der Waals surface area contributed by atoms with Crippen LogP contribution in [0.3, 0.4) is 0 Å². The van der Waals surface area contributed by atoms with Crippen LogP contribution >= 0.6 is 15.9 Å². The number of aromatic amines is 1. The molecule has 6 heteroatoms. The zero-order valence-electron chi connectivity index (χ0n) is 10.9. The molecule has 3 rings (SSSR count). The number of H-pyrrole nitrogens is 1. The molecule has 0 unspecified atom stereocenters. The highest BCUT2D eigenvalue weighted by molar-refractivity contribution is 9.10. The van der Waals surface area contributed by atoms with Crippen molar-refractivity contribution in [3.63, 3.8) is 0 Å². The van der Waals surface area contributed by atoms with Crippen LogP contribution < -0.4 is 10.6 Å². The Bertz CT molecular complexity index is 593. The fraction of sp³-hybridized carbons (Fsp3) is 0.357. The Hall–Kier alpha value is -1.40. The van der Waals surface area contributed by atoms with Crippen LogP contribution in [0.4, 0.5) is 10.2 Å². The molecule has 1 aliphatic heterocycles. The van der Waals surface area contributed by atoms with Gasteiger partial charge in [-0.1, -0.05) is 0 Å². The number of anilines is 1. The van der Waals surface area contributed by atoms with Crippen LogP contribution in [-0.2, 0) is 0 Å².